The maximum absolute atomic E-state index is 14.0. The number of aromatic nitrogens is 1. The van der Waals surface area contributed by atoms with E-state index in [9.17, 15) is 18.3 Å². The fourth-order valence-electron chi connectivity index (χ4n) is 4.20. The highest BCUT2D eigenvalue weighted by atomic mass is 19.4. The second kappa shape index (κ2) is 5.49. The number of halogens is 3. The molecule has 1 N–H and O–H groups in total. The van der Waals surface area contributed by atoms with E-state index in [-0.39, 0.29) is 0 Å². The van der Waals surface area contributed by atoms with Crippen LogP contribution in [0, 0.1) is 6.92 Å². The molecule has 4 aromatic rings. The number of alkyl halides is 3. The fraction of sp³-hybridized carbons (Fsp3) is 0.130. The fourth-order valence-corrected chi connectivity index (χ4v) is 4.20. The molecule has 2 nitrogen and oxygen atoms in total. The van der Waals surface area contributed by atoms with E-state index in [0.717, 1.165) is 27.0 Å². The molecule has 5 rings (SSSR count). The van der Waals surface area contributed by atoms with Gasteiger partial charge < -0.3 is 9.67 Å². The highest BCUT2D eigenvalue weighted by Gasteiger charge is 2.58. The van der Waals surface area contributed by atoms with Crippen LogP contribution in [0.3, 0.4) is 0 Å². The van der Waals surface area contributed by atoms with Gasteiger partial charge >= 0.3 is 6.18 Å². The van der Waals surface area contributed by atoms with Gasteiger partial charge in [0.25, 0.3) is 5.72 Å². The molecule has 3 aromatic carbocycles. The normalized spacial score (nSPS) is 19.2. The summed E-state index contributed by atoms with van der Waals surface area (Å²) in [5.74, 6) is 0. The molecule has 0 saturated carbocycles. The molecule has 0 amide bonds. The van der Waals surface area contributed by atoms with Crippen LogP contribution >= 0.6 is 0 Å². The predicted molar refractivity (Wildman–Crippen MR) is 104 cm³/mol. The highest BCUT2D eigenvalue weighted by Crippen LogP contribution is 2.50. The molecular weight excluding hydrogens is 363 g/mol. The second-order valence-corrected chi connectivity index (χ2v) is 7.17. The molecule has 0 aliphatic carbocycles. The third-order valence-electron chi connectivity index (χ3n) is 5.55. The summed E-state index contributed by atoms with van der Waals surface area (Å²) in [6.45, 7) is 1.80. The number of aliphatic hydroxyl groups is 1. The summed E-state index contributed by atoms with van der Waals surface area (Å²) >= 11 is 0. The number of aryl methyl sites for hydroxylation is 1. The van der Waals surface area contributed by atoms with Gasteiger partial charge in [0.15, 0.2) is 0 Å². The lowest BCUT2D eigenvalue weighted by molar-refractivity contribution is -0.272. The molecule has 28 heavy (non-hydrogen) atoms. The Hall–Kier alpha value is -3.05. The highest BCUT2D eigenvalue weighted by molar-refractivity contribution is 5.97. The quantitative estimate of drug-likeness (QED) is 0.447. The smallest absolute Gasteiger partial charge is 0.360 e. The van der Waals surface area contributed by atoms with E-state index in [2.05, 4.69) is 0 Å². The van der Waals surface area contributed by atoms with E-state index in [0.29, 0.717) is 27.7 Å². The van der Waals surface area contributed by atoms with Gasteiger partial charge in [0.05, 0.1) is 11.2 Å². The van der Waals surface area contributed by atoms with Crippen molar-refractivity contribution < 1.29 is 18.3 Å². The van der Waals surface area contributed by atoms with Crippen molar-refractivity contribution in [1.29, 1.82) is 0 Å². The zero-order valence-electron chi connectivity index (χ0n) is 15.0. The summed E-state index contributed by atoms with van der Waals surface area (Å²) in [7, 11) is 0. The average molecular weight is 379 g/mol. The standard InChI is InChI=1S/C23H16F3NO/c1-14-18-8-4-5-9-20(18)27-21(14)19(13-22(27,28)23(24,25)26)17-11-10-15-6-2-3-7-16(15)12-17/h2-13,28H,1H3. The zero-order valence-corrected chi connectivity index (χ0v) is 15.0. The van der Waals surface area contributed by atoms with Gasteiger partial charge in [-0.05, 0) is 47.0 Å². The number of hydrogen-bond donors (Lipinski definition) is 1. The van der Waals surface area contributed by atoms with Crippen LogP contribution in [0.5, 0.6) is 0 Å². The number of fused-ring (bicyclic) bond motifs is 4. The molecule has 0 fully saturated rings. The van der Waals surface area contributed by atoms with E-state index in [1.54, 1.807) is 37.3 Å². The van der Waals surface area contributed by atoms with E-state index in [1.807, 2.05) is 36.4 Å². The van der Waals surface area contributed by atoms with Gasteiger partial charge in [-0.2, -0.15) is 13.2 Å². The first-order valence-corrected chi connectivity index (χ1v) is 8.93. The van der Waals surface area contributed by atoms with Crippen molar-refractivity contribution in [2.75, 3.05) is 0 Å². The van der Waals surface area contributed by atoms with Crippen LogP contribution in [-0.4, -0.2) is 15.8 Å². The third-order valence-corrected chi connectivity index (χ3v) is 5.55. The molecule has 1 atom stereocenters. The lowest BCUT2D eigenvalue weighted by Crippen LogP contribution is -2.44. The van der Waals surface area contributed by atoms with Crippen LogP contribution in [0.25, 0.3) is 27.2 Å². The van der Waals surface area contributed by atoms with Crippen LogP contribution in [-0.2, 0) is 5.72 Å². The Balaban J connectivity index is 1.86. The summed E-state index contributed by atoms with van der Waals surface area (Å²) in [4.78, 5) is 0. The Morgan fingerprint density at radius 3 is 2.32 bits per heavy atom. The van der Waals surface area contributed by atoms with Crippen molar-refractivity contribution in [3.63, 3.8) is 0 Å². The molecule has 5 heteroatoms. The minimum atomic E-state index is -4.85. The third kappa shape index (κ3) is 2.14. The van der Waals surface area contributed by atoms with Crippen molar-refractivity contribution in [2.45, 2.75) is 18.8 Å². The number of benzene rings is 3. The van der Waals surface area contributed by atoms with Crippen LogP contribution in [0.15, 0.2) is 72.8 Å². The van der Waals surface area contributed by atoms with Gasteiger partial charge in [0, 0.05) is 11.0 Å². The Morgan fingerprint density at radius 1 is 0.893 bits per heavy atom. The van der Waals surface area contributed by atoms with E-state index in [1.165, 1.54) is 0 Å². The summed E-state index contributed by atoms with van der Waals surface area (Å²) in [5, 5.41) is 13.4. The molecule has 2 heterocycles. The molecule has 1 unspecified atom stereocenters. The zero-order chi connectivity index (χ0) is 19.7. The number of nitrogens with zero attached hydrogens (tertiary/aromatic N) is 1. The Kier molecular flexibility index (Phi) is 3.35. The van der Waals surface area contributed by atoms with Crippen molar-refractivity contribution in [1.82, 2.24) is 4.57 Å². The summed E-state index contributed by atoms with van der Waals surface area (Å²) in [6.07, 6.45) is -3.92. The van der Waals surface area contributed by atoms with Gasteiger partial charge in [0.2, 0.25) is 0 Å². The van der Waals surface area contributed by atoms with Crippen LogP contribution in [0.1, 0.15) is 16.8 Å². The SMILES string of the molecule is Cc1c2n(c3ccccc13)C(O)(C(F)(F)F)C=C2c1ccc2ccccc2c1. The molecule has 1 aliphatic rings. The lowest BCUT2D eigenvalue weighted by atomic mass is 9.96. The Morgan fingerprint density at radius 2 is 1.57 bits per heavy atom. The number of para-hydroxylation sites is 1. The van der Waals surface area contributed by atoms with Gasteiger partial charge in [-0.1, -0.05) is 54.6 Å². The van der Waals surface area contributed by atoms with Gasteiger partial charge in [0.1, 0.15) is 0 Å². The first kappa shape index (κ1) is 17.1. The van der Waals surface area contributed by atoms with Crippen LogP contribution < -0.4 is 0 Å². The van der Waals surface area contributed by atoms with Crippen LogP contribution in [0.4, 0.5) is 13.2 Å². The second-order valence-electron chi connectivity index (χ2n) is 7.17. The number of hydrogen-bond acceptors (Lipinski definition) is 1. The predicted octanol–water partition coefficient (Wildman–Crippen LogP) is 5.76. The van der Waals surface area contributed by atoms with Gasteiger partial charge in [-0.3, -0.25) is 0 Å². The van der Waals surface area contributed by atoms with E-state index in [4.69, 9.17) is 0 Å². The average Bonchev–Trinajstić information content (AvgIpc) is 3.16. The maximum atomic E-state index is 14.0. The minimum Gasteiger partial charge on any atom is -0.360 e. The first-order chi connectivity index (χ1) is 13.3. The molecular formula is C23H16F3NO. The molecule has 0 radical (unpaired) electrons. The number of rotatable bonds is 1. The molecule has 0 bridgehead atoms. The minimum absolute atomic E-state index is 0.363. The van der Waals surface area contributed by atoms with Crippen molar-refractivity contribution in [3.8, 4) is 0 Å². The van der Waals surface area contributed by atoms with Crippen molar-refractivity contribution in [2.24, 2.45) is 0 Å². The topological polar surface area (TPSA) is 25.2 Å². The van der Waals surface area contributed by atoms with E-state index < -0.39 is 11.9 Å². The van der Waals surface area contributed by atoms with Crippen molar-refractivity contribution in [3.05, 3.63) is 89.6 Å². The summed E-state index contributed by atoms with van der Waals surface area (Å²) in [5.41, 5.74) is -0.573. The first-order valence-electron chi connectivity index (χ1n) is 8.93. The molecule has 1 aromatic heterocycles. The maximum Gasteiger partial charge on any atom is 0.441 e. The molecule has 0 spiro atoms. The summed E-state index contributed by atoms with van der Waals surface area (Å²) in [6, 6.07) is 20.1. The Labute approximate surface area is 159 Å². The van der Waals surface area contributed by atoms with Gasteiger partial charge in [-0.25, -0.2) is 0 Å². The van der Waals surface area contributed by atoms with E-state index >= 15 is 0 Å². The van der Waals surface area contributed by atoms with Crippen LogP contribution in [0.2, 0.25) is 0 Å². The van der Waals surface area contributed by atoms with Crippen molar-refractivity contribution >= 4 is 27.2 Å². The Bertz CT molecular complexity index is 1280. The van der Waals surface area contributed by atoms with Gasteiger partial charge in [-0.15, -0.1) is 0 Å². The molecule has 140 valence electrons. The largest absolute Gasteiger partial charge is 0.441 e. The summed E-state index contributed by atoms with van der Waals surface area (Å²) < 4.78 is 43.0. The molecule has 0 saturated heterocycles. The lowest BCUT2D eigenvalue weighted by Gasteiger charge is -2.27. The monoisotopic (exact) mass is 379 g/mol. The molecule has 1 aliphatic heterocycles.